The first kappa shape index (κ1) is 17.2. The van der Waals surface area contributed by atoms with E-state index in [1.807, 2.05) is 24.3 Å². The van der Waals surface area contributed by atoms with E-state index in [4.69, 9.17) is 0 Å². The summed E-state index contributed by atoms with van der Waals surface area (Å²) in [5, 5.41) is 14.4. The van der Waals surface area contributed by atoms with Crippen LogP contribution in [0.1, 0.15) is 21.7 Å². The number of hydrogen-bond acceptors (Lipinski definition) is 4. The summed E-state index contributed by atoms with van der Waals surface area (Å²) in [6, 6.07) is 16.6. The third kappa shape index (κ3) is 2.62. The van der Waals surface area contributed by atoms with Crippen LogP contribution >= 0.6 is 0 Å². The van der Waals surface area contributed by atoms with Crippen molar-refractivity contribution >= 4 is 22.5 Å². The van der Waals surface area contributed by atoms with E-state index < -0.39 is 5.91 Å². The average Bonchev–Trinajstić information content (AvgIpc) is 3.27. The van der Waals surface area contributed by atoms with Crippen LogP contribution in [0.5, 0.6) is 0 Å². The number of benzene rings is 2. The molecule has 7 heteroatoms. The monoisotopic (exact) mass is 386 g/mol. The summed E-state index contributed by atoms with van der Waals surface area (Å²) in [6.45, 7) is 2.22. The second-order valence-corrected chi connectivity index (χ2v) is 7.12. The maximum Gasteiger partial charge on any atom is 0.277 e. The molecular formula is C22H18N4O3. The molecule has 2 N–H and O–H groups in total. The number of para-hydroxylation sites is 2. The van der Waals surface area contributed by atoms with Crippen molar-refractivity contribution in [2.45, 2.75) is 19.9 Å². The maximum absolute atomic E-state index is 13.1. The van der Waals surface area contributed by atoms with Gasteiger partial charge in [0.1, 0.15) is 0 Å². The molecule has 7 nitrogen and oxygen atoms in total. The molecule has 1 amide bonds. The number of hydrogen-bond donors (Lipinski definition) is 2. The Morgan fingerprint density at radius 1 is 1.14 bits per heavy atom. The number of amides is 1. The molecule has 2 aromatic heterocycles. The summed E-state index contributed by atoms with van der Waals surface area (Å²) < 4.78 is 2.43. The molecule has 2 aromatic carbocycles. The number of pyridine rings is 1. The molecule has 29 heavy (non-hydrogen) atoms. The average molecular weight is 386 g/mol. The van der Waals surface area contributed by atoms with Gasteiger partial charge in [-0.2, -0.15) is 4.73 Å². The highest BCUT2D eigenvalue weighted by Crippen LogP contribution is 2.28. The molecule has 5 rings (SSSR count). The molecule has 0 radical (unpaired) electrons. The quantitative estimate of drug-likeness (QED) is 0.529. The van der Waals surface area contributed by atoms with Gasteiger partial charge in [0.25, 0.3) is 11.5 Å². The highest BCUT2D eigenvalue weighted by molar-refractivity contribution is 6.04. The minimum Gasteiger partial charge on any atom is -0.426 e. The molecule has 0 spiro atoms. The fourth-order valence-electron chi connectivity index (χ4n) is 3.99. The van der Waals surface area contributed by atoms with Crippen molar-refractivity contribution in [2.75, 3.05) is 5.32 Å². The molecule has 0 saturated heterocycles. The highest BCUT2D eigenvalue weighted by Gasteiger charge is 2.25. The standard InChI is InChI=1S/C22H18N4O3/c1-13-18(21(27)24-16-8-3-2-4-9-16)26(29)20(23-13)17-12-15-7-5-6-14-10-11-25(19(14)15)22(17)28/h2-9,12,29H,10-11H2,1H3,(H,24,27). The second kappa shape index (κ2) is 6.34. The van der Waals surface area contributed by atoms with Crippen molar-refractivity contribution < 1.29 is 10.0 Å². The van der Waals surface area contributed by atoms with Crippen LogP contribution < -0.4 is 10.9 Å². The fraction of sp³-hybridized carbons (Fsp3) is 0.136. The predicted molar refractivity (Wildman–Crippen MR) is 109 cm³/mol. The number of imidazole rings is 1. The number of carbonyl (C=O) groups is 1. The zero-order chi connectivity index (χ0) is 20.1. The van der Waals surface area contributed by atoms with E-state index in [2.05, 4.69) is 10.3 Å². The van der Waals surface area contributed by atoms with Crippen LogP contribution in [0.2, 0.25) is 0 Å². The van der Waals surface area contributed by atoms with Gasteiger partial charge in [-0.3, -0.25) is 9.59 Å². The number of aromatic nitrogens is 3. The maximum atomic E-state index is 13.1. The van der Waals surface area contributed by atoms with Gasteiger partial charge >= 0.3 is 0 Å². The minimum atomic E-state index is -0.498. The fourth-order valence-corrected chi connectivity index (χ4v) is 3.99. The number of carbonyl (C=O) groups excluding carboxylic acids is 1. The normalized spacial score (nSPS) is 12.4. The highest BCUT2D eigenvalue weighted by atomic mass is 16.5. The number of aryl methyl sites for hydroxylation is 3. The van der Waals surface area contributed by atoms with E-state index in [1.54, 1.807) is 41.8 Å². The summed E-state index contributed by atoms with van der Waals surface area (Å²) in [7, 11) is 0. The Labute approximate surface area is 165 Å². The van der Waals surface area contributed by atoms with E-state index >= 15 is 0 Å². The minimum absolute atomic E-state index is 0.00137. The van der Waals surface area contributed by atoms with Crippen LogP contribution in [0.15, 0.2) is 59.4 Å². The molecule has 144 valence electrons. The first-order valence-corrected chi connectivity index (χ1v) is 9.35. The molecule has 0 saturated carbocycles. The van der Waals surface area contributed by atoms with Gasteiger partial charge in [-0.05, 0) is 42.5 Å². The van der Waals surface area contributed by atoms with Crippen LogP contribution in [0.3, 0.4) is 0 Å². The summed E-state index contributed by atoms with van der Waals surface area (Å²) >= 11 is 0. The topological polar surface area (TPSA) is 89.2 Å². The molecule has 0 atom stereocenters. The summed E-state index contributed by atoms with van der Waals surface area (Å²) in [5.74, 6) is -0.434. The molecule has 3 heterocycles. The lowest BCUT2D eigenvalue weighted by Gasteiger charge is -2.09. The summed E-state index contributed by atoms with van der Waals surface area (Å²) in [6.07, 6.45) is 0.799. The van der Waals surface area contributed by atoms with Crippen LogP contribution in [0, 0.1) is 6.92 Å². The van der Waals surface area contributed by atoms with Crippen LogP contribution in [-0.2, 0) is 13.0 Å². The number of nitrogens with zero attached hydrogens (tertiary/aromatic N) is 3. The lowest BCUT2D eigenvalue weighted by atomic mass is 10.1. The van der Waals surface area contributed by atoms with Crippen molar-refractivity contribution in [1.29, 1.82) is 0 Å². The van der Waals surface area contributed by atoms with E-state index in [0.717, 1.165) is 22.9 Å². The SMILES string of the molecule is Cc1nc(-c2cc3cccc4c3n(c2=O)CC4)n(O)c1C(=O)Nc1ccccc1. The van der Waals surface area contributed by atoms with Crippen molar-refractivity contribution in [3.05, 3.63) is 81.9 Å². The van der Waals surface area contributed by atoms with Gasteiger partial charge in [-0.1, -0.05) is 36.4 Å². The molecule has 0 fully saturated rings. The van der Waals surface area contributed by atoms with E-state index in [9.17, 15) is 14.8 Å². The third-order valence-corrected chi connectivity index (χ3v) is 5.32. The van der Waals surface area contributed by atoms with Gasteiger partial charge in [0.2, 0.25) is 0 Å². The number of nitrogens with one attached hydrogen (secondary N) is 1. The Morgan fingerprint density at radius 3 is 2.72 bits per heavy atom. The lowest BCUT2D eigenvalue weighted by Crippen LogP contribution is -2.22. The first-order valence-electron chi connectivity index (χ1n) is 9.35. The first-order chi connectivity index (χ1) is 14.0. The van der Waals surface area contributed by atoms with Gasteiger partial charge < -0.3 is 15.1 Å². The molecule has 4 aromatic rings. The molecule has 0 aliphatic carbocycles. The van der Waals surface area contributed by atoms with Crippen LogP contribution in [0.4, 0.5) is 5.69 Å². The Kier molecular flexibility index (Phi) is 3.77. The molecule has 0 bridgehead atoms. The molecular weight excluding hydrogens is 368 g/mol. The Balaban J connectivity index is 1.62. The van der Waals surface area contributed by atoms with E-state index in [-0.39, 0.29) is 22.6 Å². The lowest BCUT2D eigenvalue weighted by molar-refractivity contribution is 0.0974. The molecule has 1 aliphatic rings. The van der Waals surface area contributed by atoms with Crippen molar-refractivity contribution in [3.63, 3.8) is 0 Å². The number of rotatable bonds is 3. The summed E-state index contributed by atoms with van der Waals surface area (Å²) in [4.78, 5) is 30.1. The molecule has 0 unspecified atom stereocenters. The van der Waals surface area contributed by atoms with Crippen molar-refractivity contribution in [2.24, 2.45) is 0 Å². The van der Waals surface area contributed by atoms with Crippen LogP contribution in [0.25, 0.3) is 22.3 Å². The number of anilines is 1. The van der Waals surface area contributed by atoms with Crippen LogP contribution in [-0.4, -0.2) is 25.4 Å². The van der Waals surface area contributed by atoms with Gasteiger partial charge in [0, 0.05) is 12.2 Å². The second-order valence-electron chi connectivity index (χ2n) is 7.12. The van der Waals surface area contributed by atoms with Crippen molar-refractivity contribution in [1.82, 2.24) is 14.3 Å². The van der Waals surface area contributed by atoms with Crippen molar-refractivity contribution in [3.8, 4) is 11.4 Å². The Bertz CT molecular complexity index is 1340. The predicted octanol–water partition coefficient (Wildman–Crippen LogP) is 3.22. The Morgan fingerprint density at radius 2 is 1.93 bits per heavy atom. The molecule has 1 aliphatic heterocycles. The largest absolute Gasteiger partial charge is 0.426 e. The van der Waals surface area contributed by atoms with E-state index in [1.165, 1.54) is 0 Å². The van der Waals surface area contributed by atoms with Gasteiger partial charge in [0.15, 0.2) is 11.5 Å². The third-order valence-electron chi connectivity index (χ3n) is 5.32. The Hall–Kier alpha value is -3.87. The van der Waals surface area contributed by atoms with Gasteiger partial charge in [-0.15, -0.1) is 0 Å². The smallest absolute Gasteiger partial charge is 0.277 e. The zero-order valence-electron chi connectivity index (χ0n) is 15.7. The summed E-state index contributed by atoms with van der Waals surface area (Å²) in [5.41, 5.74) is 3.04. The van der Waals surface area contributed by atoms with Gasteiger partial charge in [-0.25, -0.2) is 4.98 Å². The van der Waals surface area contributed by atoms with E-state index in [0.29, 0.717) is 22.7 Å². The zero-order valence-corrected chi connectivity index (χ0v) is 15.7. The van der Waals surface area contributed by atoms with Gasteiger partial charge in [0.05, 0.1) is 16.8 Å².